The molecule has 0 saturated heterocycles. The number of hydrogen-bond donors (Lipinski definition) is 2. The Morgan fingerprint density at radius 1 is 1.44 bits per heavy atom. The Hall–Kier alpha value is -0.610. The van der Waals surface area contributed by atoms with Gasteiger partial charge in [-0.2, -0.15) is 0 Å². The van der Waals surface area contributed by atoms with Gasteiger partial charge < -0.3 is 15.3 Å². The van der Waals surface area contributed by atoms with Crippen LogP contribution < -0.4 is 5.32 Å². The van der Waals surface area contributed by atoms with Gasteiger partial charge in [-0.3, -0.25) is 4.79 Å². The summed E-state index contributed by atoms with van der Waals surface area (Å²) >= 11 is 0. The minimum atomic E-state index is -0.700. The van der Waals surface area contributed by atoms with Gasteiger partial charge in [-0.25, -0.2) is 0 Å². The maximum Gasteiger partial charge on any atom is 0.320 e. The van der Waals surface area contributed by atoms with Crippen LogP contribution in [-0.4, -0.2) is 47.7 Å². The van der Waals surface area contributed by atoms with E-state index in [2.05, 4.69) is 31.0 Å². The number of carboxylic acids is 1. The Balaban J connectivity index is 2.35. The molecular weight excluding hydrogens is 204 g/mol. The van der Waals surface area contributed by atoms with Gasteiger partial charge in [0.2, 0.25) is 0 Å². The van der Waals surface area contributed by atoms with E-state index in [1.165, 1.54) is 0 Å². The molecule has 1 aliphatic carbocycles. The zero-order chi connectivity index (χ0) is 12.1. The third-order valence-electron chi connectivity index (χ3n) is 3.25. The summed E-state index contributed by atoms with van der Waals surface area (Å²) in [4.78, 5) is 13.4. The highest BCUT2D eigenvalue weighted by molar-refractivity contribution is 5.74. The Morgan fingerprint density at radius 3 is 2.38 bits per heavy atom. The van der Waals surface area contributed by atoms with Crippen LogP contribution in [0.1, 0.15) is 33.6 Å². The average molecular weight is 228 g/mol. The molecule has 94 valence electrons. The minimum absolute atomic E-state index is 0.238. The molecule has 2 unspecified atom stereocenters. The molecule has 1 rings (SSSR count). The zero-order valence-corrected chi connectivity index (χ0v) is 10.6. The molecule has 1 fully saturated rings. The lowest BCUT2D eigenvalue weighted by molar-refractivity contribution is -0.140. The predicted octanol–water partition coefficient (Wildman–Crippen LogP) is 1.17. The van der Waals surface area contributed by atoms with Gasteiger partial charge in [0.05, 0.1) is 0 Å². The molecular formula is C12H24N2O2. The number of nitrogens with one attached hydrogen (secondary N) is 1. The van der Waals surface area contributed by atoms with Gasteiger partial charge >= 0.3 is 5.97 Å². The standard InChI is InChI=1S/C12H24N2O2/c1-4-14(5-2)8-9(3)13-11(12(15)16)10-6-7-10/h9-11,13H,4-8H2,1-3H3,(H,15,16). The van der Waals surface area contributed by atoms with Gasteiger partial charge in [-0.1, -0.05) is 13.8 Å². The molecule has 0 heterocycles. The summed E-state index contributed by atoms with van der Waals surface area (Å²) < 4.78 is 0. The maximum absolute atomic E-state index is 11.1. The summed E-state index contributed by atoms with van der Waals surface area (Å²) in [6.07, 6.45) is 2.11. The highest BCUT2D eigenvalue weighted by Gasteiger charge is 2.36. The van der Waals surface area contributed by atoms with Crippen molar-refractivity contribution < 1.29 is 9.90 Å². The molecule has 2 N–H and O–H groups in total. The lowest BCUT2D eigenvalue weighted by Crippen LogP contribution is -2.48. The molecule has 4 heteroatoms. The quantitative estimate of drug-likeness (QED) is 0.655. The lowest BCUT2D eigenvalue weighted by atomic mass is 10.1. The van der Waals surface area contributed by atoms with Gasteiger partial charge in [0.1, 0.15) is 6.04 Å². The van der Waals surface area contributed by atoms with Crippen molar-refractivity contribution in [3.63, 3.8) is 0 Å². The largest absolute Gasteiger partial charge is 0.480 e. The first-order valence-corrected chi connectivity index (χ1v) is 6.29. The third kappa shape index (κ3) is 4.10. The number of hydrogen-bond acceptors (Lipinski definition) is 3. The zero-order valence-electron chi connectivity index (χ0n) is 10.6. The Labute approximate surface area is 98.0 Å². The maximum atomic E-state index is 11.1. The van der Waals surface area contributed by atoms with Crippen molar-refractivity contribution in [2.24, 2.45) is 5.92 Å². The van der Waals surface area contributed by atoms with Crippen LogP contribution in [0.5, 0.6) is 0 Å². The van der Waals surface area contributed by atoms with Crippen molar-refractivity contribution in [3.8, 4) is 0 Å². The smallest absolute Gasteiger partial charge is 0.320 e. The molecule has 0 aromatic heterocycles. The van der Waals surface area contributed by atoms with Crippen LogP contribution in [0, 0.1) is 5.92 Å². The second kappa shape index (κ2) is 6.21. The van der Waals surface area contributed by atoms with Gasteiger partial charge in [0, 0.05) is 12.6 Å². The van der Waals surface area contributed by atoms with E-state index >= 15 is 0 Å². The summed E-state index contributed by atoms with van der Waals surface area (Å²) in [5.41, 5.74) is 0. The summed E-state index contributed by atoms with van der Waals surface area (Å²) in [5, 5.41) is 12.3. The van der Waals surface area contributed by atoms with Crippen molar-refractivity contribution in [2.45, 2.75) is 45.7 Å². The molecule has 1 saturated carbocycles. The van der Waals surface area contributed by atoms with E-state index in [1.807, 2.05) is 0 Å². The fraction of sp³-hybridized carbons (Fsp3) is 0.917. The lowest BCUT2D eigenvalue weighted by Gasteiger charge is -2.26. The second-order valence-electron chi connectivity index (χ2n) is 4.71. The summed E-state index contributed by atoms with van der Waals surface area (Å²) in [5.74, 6) is -0.342. The second-order valence-corrected chi connectivity index (χ2v) is 4.71. The van der Waals surface area contributed by atoms with Crippen LogP contribution in [0.15, 0.2) is 0 Å². The van der Waals surface area contributed by atoms with E-state index in [-0.39, 0.29) is 12.1 Å². The van der Waals surface area contributed by atoms with E-state index in [4.69, 9.17) is 5.11 Å². The van der Waals surface area contributed by atoms with E-state index in [1.54, 1.807) is 0 Å². The molecule has 2 atom stereocenters. The van der Waals surface area contributed by atoms with Gasteiger partial charge in [-0.15, -0.1) is 0 Å². The van der Waals surface area contributed by atoms with Crippen LogP contribution in [-0.2, 0) is 4.79 Å². The van der Waals surface area contributed by atoms with E-state index in [9.17, 15) is 4.79 Å². The molecule has 1 aliphatic rings. The number of rotatable bonds is 8. The molecule has 0 spiro atoms. The molecule has 0 aromatic rings. The van der Waals surface area contributed by atoms with Crippen LogP contribution >= 0.6 is 0 Å². The van der Waals surface area contributed by atoms with E-state index in [0.717, 1.165) is 32.5 Å². The summed E-state index contributed by atoms with van der Waals surface area (Å²) in [7, 11) is 0. The van der Waals surface area contributed by atoms with Crippen LogP contribution in [0.25, 0.3) is 0 Å². The van der Waals surface area contributed by atoms with Crippen LogP contribution in [0.4, 0.5) is 0 Å². The van der Waals surface area contributed by atoms with Gasteiger partial charge in [0.15, 0.2) is 0 Å². The Morgan fingerprint density at radius 2 is 2.00 bits per heavy atom. The van der Waals surface area contributed by atoms with Crippen molar-refractivity contribution in [3.05, 3.63) is 0 Å². The minimum Gasteiger partial charge on any atom is -0.480 e. The normalized spacial score (nSPS) is 19.8. The average Bonchev–Trinajstić information content (AvgIpc) is 3.05. The van der Waals surface area contributed by atoms with Gasteiger partial charge in [0.25, 0.3) is 0 Å². The van der Waals surface area contributed by atoms with Crippen molar-refractivity contribution in [1.82, 2.24) is 10.2 Å². The molecule has 4 nitrogen and oxygen atoms in total. The van der Waals surface area contributed by atoms with Crippen molar-refractivity contribution in [1.29, 1.82) is 0 Å². The summed E-state index contributed by atoms with van der Waals surface area (Å²) in [6, 6.07) is -0.104. The molecule has 0 bridgehead atoms. The summed E-state index contributed by atoms with van der Waals surface area (Å²) in [6.45, 7) is 9.28. The molecule has 0 aliphatic heterocycles. The third-order valence-corrected chi connectivity index (χ3v) is 3.25. The highest BCUT2D eigenvalue weighted by Crippen LogP contribution is 2.32. The fourth-order valence-corrected chi connectivity index (χ4v) is 2.07. The number of carboxylic acid groups (broad SMARTS) is 1. The SMILES string of the molecule is CCN(CC)CC(C)NC(C(=O)O)C1CC1. The Kier molecular flexibility index (Phi) is 5.22. The molecule has 0 radical (unpaired) electrons. The number of likely N-dealkylation sites (N-methyl/N-ethyl adjacent to an activating group) is 1. The topological polar surface area (TPSA) is 52.6 Å². The number of aliphatic carboxylic acids is 1. The van der Waals surface area contributed by atoms with Crippen molar-refractivity contribution >= 4 is 5.97 Å². The monoisotopic (exact) mass is 228 g/mol. The molecule has 0 aromatic carbocycles. The van der Waals surface area contributed by atoms with Gasteiger partial charge in [-0.05, 0) is 38.8 Å². The first-order valence-electron chi connectivity index (χ1n) is 6.29. The molecule has 16 heavy (non-hydrogen) atoms. The first kappa shape index (κ1) is 13.5. The predicted molar refractivity (Wildman–Crippen MR) is 64.5 cm³/mol. The van der Waals surface area contributed by atoms with E-state index in [0.29, 0.717) is 5.92 Å². The fourth-order valence-electron chi connectivity index (χ4n) is 2.07. The Bertz CT molecular complexity index is 225. The molecule has 0 amide bonds. The number of nitrogens with zero attached hydrogens (tertiary/aromatic N) is 1. The van der Waals surface area contributed by atoms with Crippen molar-refractivity contribution in [2.75, 3.05) is 19.6 Å². The first-order chi connectivity index (χ1) is 7.58. The van der Waals surface area contributed by atoms with Crippen LogP contribution in [0.2, 0.25) is 0 Å². The van der Waals surface area contributed by atoms with E-state index < -0.39 is 5.97 Å². The highest BCUT2D eigenvalue weighted by atomic mass is 16.4. The number of carbonyl (C=O) groups is 1. The van der Waals surface area contributed by atoms with Crippen LogP contribution in [0.3, 0.4) is 0 Å².